The van der Waals surface area contributed by atoms with Gasteiger partial charge in [-0.25, -0.2) is 4.98 Å². The number of ether oxygens (including phenoxy) is 1. The number of fused-ring (bicyclic) bond motifs is 1. The van der Waals surface area contributed by atoms with Gasteiger partial charge >= 0.3 is 0 Å². The van der Waals surface area contributed by atoms with Crippen LogP contribution < -0.4 is 5.32 Å². The summed E-state index contributed by atoms with van der Waals surface area (Å²) in [5.41, 5.74) is 2.51. The minimum absolute atomic E-state index is 0.0304. The summed E-state index contributed by atoms with van der Waals surface area (Å²) in [6.07, 6.45) is 5.04. The average molecular weight is 392 g/mol. The Balaban J connectivity index is 1.34. The van der Waals surface area contributed by atoms with Gasteiger partial charge in [-0.2, -0.15) is 0 Å². The van der Waals surface area contributed by atoms with Gasteiger partial charge < -0.3 is 19.4 Å². The Bertz CT molecular complexity index is 953. The monoisotopic (exact) mass is 392 g/mol. The molecule has 7 nitrogen and oxygen atoms in total. The molecule has 0 spiro atoms. The molecule has 1 atom stereocenters. The van der Waals surface area contributed by atoms with E-state index in [4.69, 9.17) is 4.74 Å². The number of carbonyl (C=O) groups excluding carboxylic acids is 2. The number of anilines is 1. The van der Waals surface area contributed by atoms with E-state index in [0.29, 0.717) is 32.6 Å². The zero-order valence-electron chi connectivity index (χ0n) is 16.2. The highest BCUT2D eigenvalue weighted by molar-refractivity contribution is 5.91. The summed E-state index contributed by atoms with van der Waals surface area (Å²) in [6.45, 7) is 1.38. The molecule has 0 aliphatic carbocycles. The van der Waals surface area contributed by atoms with Crippen molar-refractivity contribution in [1.29, 1.82) is 0 Å². The molecule has 1 aliphatic heterocycles. The van der Waals surface area contributed by atoms with Crippen LogP contribution in [0.2, 0.25) is 0 Å². The summed E-state index contributed by atoms with van der Waals surface area (Å²) in [5, 5.41) is 2.88. The van der Waals surface area contributed by atoms with Gasteiger partial charge in [-0.1, -0.05) is 24.3 Å². The molecule has 29 heavy (non-hydrogen) atoms. The van der Waals surface area contributed by atoms with Gasteiger partial charge in [-0.3, -0.25) is 9.59 Å². The number of amides is 2. The average Bonchev–Trinajstić information content (AvgIpc) is 3.16. The number of nitrogens with one attached hydrogen (secondary N) is 1. The number of aryl methyl sites for hydroxylation is 1. The first-order valence-electron chi connectivity index (χ1n) is 9.84. The number of nitrogens with zero attached hydrogens (tertiary/aromatic N) is 3. The van der Waals surface area contributed by atoms with Crippen molar-refractivity contribution < 1.29 is 14.3 Å². The van der Waals surface area contributed by atoms with Gasteiger partial charge in [0, 0.05) is 37.5 Å². The second kappa shape index (κ2) is 8.87. The lowest BCUT2D eigenvalue weighted by atomic mass is 10.1. The number of pyridine rings is 1. The van der Waals surface area contributed by atoms with Crippen LogP contribution in [0.25, 0.3) is 5.65 Å². The maximum atomic E-state index is 12.8. The molecule has 2 aromatic heterocycles. The van der Waals surface area contributed by atoms with E-state index < -0.39 is 0 Å². The molecule has 0 saturated carbocycles. The second-order valence-corrected chi connectivity index (χ2v) is 7.13. The molecule has 3 heterocycles. The van der Waals surface area contributed by atoms with E-state index in [1.807, 2.05) is 65.3 Å². The fourth-order valence-electron chi connectivity index (χ4n) is 3.59. The standard InChI is InChI=1S/C22H24N4O3/c27-21(24-17-6-2-1-3-7-17)14-19-16-29-13-12-26(19)22(28)10-9-18-15-25-11-5-4-8-20(25)23-18/h1-8,11,15,19H,9-10,12-14,16H2,(H,24,27)/t19-/m0/s1. The molecule has 0 radical (unpaired) electrons. The maximum absolute atomic E-state index is 12.8. The number of hydrogen-bond donors (Lipinski definition) is 1. The zero-order valence-corrected chi connectivity index (χ0v) is 16.2. The Morgan fingerprint density at radius 1 is 1.14 bits per heavy atom. The third kappa shape index (κ3) is 4.81. The van der Waals surface area contributed by atoms with E-state index in [1.54, 1.807) is 4.90 Å². The highest BCUT2D eigenvalue weighted by Gasteiger charge is 2.29. The van der Waals surface area contributed by atoms with E-state index in [9.17, 15) is 9.59 Å². The number of aromatic nitrogens is 2. The lowest BCUT2D eigenvalue weighted by Gasteiger charge is -2.35. The molecular formula is C22H24N4O3. The molecule has 7 heteroatoms. The lowest BCUT2D eigenvalue weighted by molar-refractivity contribution is -0.141. The van der Waals surface area contributed by atoms with Crippen LogP contribution in [0.1, 0.15) is 18.5 Å². The zero-order chi connectivity index (χ0) is 20.1. The van der Waals surface area contributed by atoms with Crippen molar-refractivity contribution in [3.8, 4) is 0 Å². The van der Waals surface area contributed by atoms with E-state index in [-0.39, 0.29) is 24.3 Å². The summed E-state index contributed by atoms with van der Waals surface area (Å²) in [5.74, 6) is -0.0901. The van der Waals surface area contributed by atoms with Crippen molar-refractivity contribution >= 4 is 23.1 Å². The predicted octanol–water partition coefficient (Wildman–Crippen LogP) is 2.52. The topological polar surface area (TPSA) is 75.9 Å². The molecule has 1 aliphatic rings. The first-order valence-corrected chi connectivity index (χ1v) is 9.84. The van der Waals surface area contributed by atoms with Gasteiger partial charge in [0.05, 0.1) is 24.9 Å². The molecular weight excluding hydrogens is 368 g/mol. The van der Waals surface area contributed by atoms with Gasteiger partial charge in [0.25, 0.3) is 0 Å². The summed E-state index contributed by atoms with van der Waals surface area (Å²) < 4.78 is 7.48. The molecule has 1 N–H and O–H groups in total. The van der Waals surface area contributed by atoms with Crippen molar-refractivity contribution in [2.75, 3.05) is 25.1 Å². The van der Waals surface area contributed by atoms with E-state index in [0.717, 1.165) is 17.0 Å². The molecule has 1 fully saturated rings. The van der Waals surface area contributed by atoms with Crippen LogP contribution >= 0.6 is 0 Å². The van der Waals surface area contributed by atoms with E-state index in [1.165, 1.54) is 0 Å². The fourth-order valence-corrected chi connectivity index (χ4v) is 3.59. The van der Waals surface area contributed by atoms with Gasteiger partial charge in [0.2, 0.25) is 11.8 Å². The number of hydrogen-bond acceptors (Lipinski definition) is 4. The van der Waals surface area contributed by atoms with Gasteiger partial charge in [0.1, 0.15) is 5.65 Å². The van der Waals surface area contributed by atoms with E-state index >= 15 is 0 Å². The van der Waals surface area contributed by atoms with Crippen molar-refractivity contribution in [3.63, 3.8) is 0 Å². The van der Waals surface area contributed by atoms with Gasteiger partial charge in [-0.05, 0) is 30.7 Å². The number of morpholine rings is 1. The number of para-hydroxylation sites is 1. The van der Waals surface area contributed by atoms with Crippen LogP contribution in [0.3, 0.4) is 0 Å². The Labute approximate surface area is 169 Å². The number of benzene rings is 1. The second-order valence-electron chi connectivity index (χ2n) is 7.13. The Morgan fingerprint density at radius 2 is 1.97 bits per heavy atom. The fraction of sp³-hybridized carbons (Fsp3) is 0.318. The first kappa shape index (κ1) is 19.1. The molecule has 1 saturated heterocycles. The SMILES string of the molecule is O=C(C[C@H]1COCCN1C(=O)CCc1cn2ccccc2n1)Nc1ccccc1. The van der Waals surface area contributed by atoms with Crippen LogP contribution in [0, 0.1) is 0 Å². The summed E-state index contributed by atoms with van der Waals surface area (Å²) in [4.78, 5) is 31.6. The van der Waals surface area contributed by atoms with Crippen molar-refractivity contribution in [2.24, 2.45) is 0 Å². The van der Waals surface area contributed by atoms with Crippen molar-refractivity contribution in [2.45, 2.75) is 25.3 Å². The Morgan fingerprint density at radius 3 is 2.79 bits per heavy atom. The number of imidazole rings is 1. The first-order chi connectivity index (χ1) is 14.2. The van der Waals surface area contributed by atoms with Crippen LogP contribution in [-0.2, 0) is 20.7 Å². The molecule has 1 aromatic carbocycles. The normalized spacial score (nSPS) is 16.7. The summed E-state index contributed by atoms with van der Waals surface area (Å²) >= 11 is 0. The number of carbonyl (C=O) groups is 2. The predicted molar refractivity (Wildman–Crippen MR) is 110 cm³/mol. The highest BCUT2D eigenvalue weighted by Crippen LogP contribution is 2.16. The highest BCUT2D eigenvalue weighted by atomic mass is 16.5. The lowest BCUT2D eigenvalue weighted by Crippen LogP contribution is -2.50. The van der Waals surface area contributed by atoms with Crippen molar-refractivity contribution in [3.05, 3.63) is 66.6 Å². The quantitative estimate of drug-likeness (QED) is 0.699. The Kier molecular flexibility index (Phi) is 5.86. The molecule has 2 amide bonds. The van der Waals surface area contributed by atoms with E-state index in [2.05, 4.69) is 10.3 Å². The third-order valence-corrected chi connectivity index (χ3v) is 5.04. The molecule has 150 valence electrons. The molecule has 4 rings (SSSR count). The maximum Gasteiger partial charge on any atom is 0.226 e. The minimum Gasteiger partial charge on any atom is -0.377 e. The number of rotatable bonds is 6. The van der Waals surface area contributed by atoms with Gasteiger partial charge in [0.15, 0.2) is 0 Å². The largest absolute Gasteiger partial charge is 0.377 e. The summed E-state index contributed by atoms with van der Waals surface area (Å²) in [6, 6.07) is 14.9. The smallest absolute Gasteiger partial charge is 0.226 e. The molecule has 0 unspecified atom stereocenters. The van der Waals surface area contributed by atoms with Crippen LogP contribution in [-0.4, -0.2) is 51.9 Å². The third-order valence-electron chi connectivity index (χ3n) is 5.04. The van der Waals surface area contributed by atoms with Crippen LogP contribution in [0.4, 0.5) is 5.69 Å². The van der Waals surface area contributed by atoms with Crippen LogP contribution in [0.15, 0.2) is 60.9 Å². The minimum atomic E-state index is -0.249. The molecule has 0 bridgehead atoms. The molecule has 3 aromatic rings. The van der Waals surface area contributed by atoms with Crippen molar-refractivity contribution in [1.82, 2.24) is 14.3 Å². The summed E-state index contributed by atoms with van der Waals surface area (Å²) in [7, 11) is 0. The van der Waals surface area contributed by atoms with Crippen LogP contribution in [0.5, 0.6) is 0 Å². The van der Waals surface area contributed by atoms with Gasteiger partial charge in [-0.15, -0.1) is 0 Å². The Hall–Kier alpha value is -3.19.